The lowest BCUT2D eigenvalue weighted by molar-refractivity contribution is -0.139. The van der Waals surface area contributed by atoms with E-state index in [0.717, 1.165) is 11.0 Å². The molecular weight excluding hydrogens is 650 g/mol. The highest BCUT2D eigenvalue weighted by molar-refractivity contribution is 7.92. The van der Waals surface area contributed by atoms with E-state index in [1.54, 1.807) is 19.1 Å². The Morgan fingerprint density at radius 3 is 2.16 bits per heavy atom. The van der Waals surface area contributed by atoms with E-state index in [2.05, 4.69) is 5.32 Å². The Morgan fingerprint density at radius 2 is 1.58 bits per heavy atom. The van der Waals surface area contributed by atoms with Crippen molar-refractivity contribution in [2.45, 2.75) is 56.9 Å². The topological polar surface area (TPSA) is 86.8 Å². The number of carbonyl (C=O) groups is 2. The highest BCUT2D eigenvalue weighted by Gasteiger charge is 2.36. The van der Waals surface area contributed by atoms with Gasteiger partial charge in [0.1, 0.15) is 12.6 Å². The molecule has 3 aromatic carbocycles. The van der Waals surface area contributed by atoms with Crippen molar-refractivity contribution in [2.24, 2.45) is 0 Å². The van der Waals surface area contributed by atoms with E-state index in [4.69, 9.17) is 34.8 Å². The van der Waals surface area contributed by atoms with Gasteiger partial charge in [-0.25, -0.2) is 8.42 Å². The number of carbonyl (C=O) groups excluding carboxylic acids is 2. The standard InChI is InChI=1S/C29H29Cl3F3N3O4S/c1-4-18(2)36-28(40)19(3)37(16-20-10-12-22(30)15-25(20)32)27(39)17-38(43(41,42)23-8-6-5-7-9-23)26-14-21(29(33,34)35)11-13-24(26)31/h5-15,18-19H,4,16-17H2,1-3H3,(H,36,40). The van der Waals surface area contributed by atoms with E-state index in [9.17, 15) is 31.2 Å². The number of hydrogen-bond donors (Lipinski definition) is 1. The lowest BCUT2D eigenvalue weighted by atomic mass is 10.1. The molecule has 0 aliphatic rings. The summed E-state index contributed by atoms with van der Waals surface area (Å²) in [7, 11) is -4.63. The van der Waals surface area contributed by atoms with E-state index in [0.29, 0.717) is 33.4 Å². The maximum atomic E-state index is 14.0. The summed E-state index contributed by atoms with van der Waals surface area (Å²) < 4.78 is 69.2. The van der Waals surface area contributed by atoms with Crippen molar-refractivity contribution in [3.05, 3.63) is 92.9 Å². The highest BCUT2D eigenvalue weighted by Crippen LogP contribution is 2.37. The second kappa shape index (κ2) is 14.2. The largest absolute Gasteiger partial charge is 0.416 e. The molecule has 43 heavy (non-hydrogen) atoms. The number of amides is 2. The minimum Gasteiger partial charge on any atom is -0.352 e. The first-order valence-corrected chi connectivity index (χ1v) is 15.6. The van der Waals surface area contributed by atoms with Gasteiger partial charge in [-0.1, -0.05) is 66.0 Å². The third kappa shape index (κ3) is 8.56. The van der Waals surface area contributed by atoms with Crippen molar-refractivity contribution >= 4 is 62.3 Å². The van der Waals surface area contributed by atoms with Gasteiger partial charge in [-0.15, -0.1) is 0 Å². The second-order valence-electron chi connectivity index (χ2n) is 9.74. The molecule has 232 valence electrons. The van der Waals surface area contributed by atoms with Gasteiger partial charge in [-0.3, -0.25) is 13.9 Å². The van der Waals surface area contributed by atoms with Crippen LogP contribution in [0.2, 0.25) is 15.1 Å². The van der Waals surface area contributed by atoms with Gasteiger partial charge >= 0.3 is 6.18 Å². The fraction of sp³-hybridized carbons (Fsp3) is 0.310. The molecule has 2 amide bonds. The lowest BCUT2D eigenvalue weighted by Gasteiger charge is -2.33. The van der Waals surface area contributed by atoms with E-state index in [-0.39, 0.29) is 27.5 Å². The van der Waals surface area contributed by atoms with Crippen LogP contribution >= 0.6 is 34.8 Å². The molecule has 0 saturated heterocycles. The molecule has 0 spiro atoms. The number of alkyl halides is 3. The van der Waals surface area contributed by atoms with Crippen LogP contribution in [0.25, 0.3) is 0 Å². The fourth-order valence-electron chi connectivity index (χ4n) is 3.99. The van der Waals surface area contributed by atoms with Gasteiger partial charge in [-0.05, 0) is 68.3 Å². The first-order chi connectivity index (χ1) is 20.1. The van der Waals surface area contributed by atoms with Crippen LogP contribution in [0.5, 0.6) is 0 Å². The maximum absolute atomic E-state index is 14.0. The number of nitrogens with one attached hydrogen (secondary N) is 1. The van der Waals surface area contributed by atoms with Crippen molar-refractivity contribution in [3.63, 3.8) is 0 Å². The molecule has 0 fully saturated rings. The number of benzene rings is 3. The number of rotatable bonds is 11. The van der Waals surface area contributed by atoms with Crippen molar-refractivity contribution in [1.29, 1.82) is 0 Å². The molecule has 3 rings (SSSR count). The Balaban J connectivity index is 2.14. The summed E-state index contributed by atoms with van der Waals surface area (Å²) in [5.41, 5.74) is -1.33. The molecular formula is C29H29Cl3F3N3O4S. The normalized spacial score (nSPS) is 13.2. The van der Waals surface area contributed by atoms with Crippen molar-refractivity contribution in [2.75, 3.05) is 10.8 Å². The minimum atomic E-state index is -4.83. The van der Waals surface area contributed by atoms with Gasteiger partial charge in [0.25, 0.3) is 10.0 Å². The second-order valence-corrected chi connectivity index (χ2v) is 12.9. The van der Waals surface area contributed by atoms with Crippen LogP contribution in [0.1, 0.15) is 38.3 Å². The predicted molar refractivity (Wildman–Crippen MR) is 162 cm³/mol. The molecule has 0 aromatic heterocycles. The molecule has 0 heterocycles. The molecule has 2 unspecified atom stereocenters. The van der Waals surface area contributed by atoms with Crippen LogP contribution in [0.3, 0.4) is 0 Å². The molecule has 0 saturated carbocycles. The number of nitrogens with zero attached hydrogens (tertiary/aromatic N) is 2. The number of anilines is 1. The first kappa shape index (κ1) is 34.5. The number of halogens is 6. The Morgan fingerprint density at radius 1 is 0.930 bits per heavy atom. The van der Waals surface area contributed by atoms with Crippen LogP contribution in [-0.4, -0.2) is 43.8 Å². The first-order valence-electron chi connectivity index (χ1n) is 13.0. The van der Waals surface area contributed by atoms with Crippen LogP contribution in [0, 0.1) is 0 Å². The van der Waals surface area contributed by atoms with Crippen molar-refractivity contribution in [1.82, 2.24) is 10.2 Å². The Labute approximate surface area is 263 Å². The third-order valence-corrected chi connectivity index (χ3v) is 9.36. The summed E-state index contributed by atoms with van der Waals surface area (Å²) in [5, 5.41) is 2.96. The summed E-state index contributed by atoms with van der Waals surface area (Å²) in [6.07, 6.45) is -4.22. The maximum Gasteiger partial charge on any atom is 0.416 e. The average Bonchev–Trinajstić information content (AvgIpc) is 2.95. The van der Waals surface area contributed by atoms with Crippen LogP contribution in [-0.2, 0) is 32.3 Å². The Hall–Kier alpha value is -2.99. The molecule has 14 heteroatoms. The van der Waals surface area contributed by atoms with E-state index in [1.807, 2.05) is 6.92 Å². The molecule has 0 aliphatic heterocycles. The summed E-state index contributed by atoms with van der Waals surface area (Å²) in [4.78, 5) is 27.9. The van der Waals surface area contributed by atoms with Gasteiger partial charge in [0.05, 0.1) is 21.2 Å². The molecule has 7 nitrogen and oxygen atoms in total. The molecule has 0 radical (unpaired) electrons. The van der Waals surface area contributed by atoms with E-state index >= 15 is 0 Å². The van der Waals surface area contributed by atoms with Gasteiger partial charge in [0.15, 0.2) is 0 Å². The predicted octanol–water partition coefficient (Wildman–Crippen LogP) is 7.19. The van der Waals surface area contributed by atoms with Crippen molar-refractivity contribution in [3.8, 4) is 0 Å². The average molecular weight is 679 g/mol. The zero-order valence-electron chi connectivity index (χ0n) is 23.3. The van der Waals surface area contributed by atoms with Gasteiger partial charge in [-0.2, -0.15) is 13.2 Å². The Kier molecular flexibility index (Phi) is 11.4. The number of hydrogen-bond acceptors (Lipinski definition) is 4. The van der Waals surface area contributed by atoms with E-state index in [1.165, 1.54) is 43.3 Å². The summed E-state index contributed by atoms with van der Waals surface area (Å²) in [5.74, 6) is -1.42. The quantitative estimate of drug-likeness (QED) is 0.233. The molecule has 3 aromatic rings. The zero-order valence-corrected chi connectivity index (χ0v) is 26.4. The molecule has 0 bridgehead atoms. The monoisotopic (exact) mass is 677 g/mol. The van der Waals surface area contributed by atoms with Crippen molar-refractivity contribution < 1.29 is 31.2 Å². The third-order valence-electron chi connectivity index (χ3n) is 6.68. The number of sulfonamides is 1. The van der Waals surface area contributed by atoms with Gasteiger partial charge < -0.3 is 10.2 Å². The van der Waals surface area contributed by atoms with Crippen LogP contribution in [0.15, 0.2) is 71.6 Å². The molecule has 2 atom stereocenters. The minimum absolute atomic E-state index is 0.189. The lowest BCUT2D eigenvalue weighted by Crippen LogP contribution is -2.52. The zero-order chi connectivity index (χ0) is 32.1. The van der Waals surface area contributed by atoms with Gasteiger partial charge in [0.2, 0.25) is 11.8 Å². The highest BCUT2D eigenvalue weighted by atomic mass is 35.5. The van der Waals surface area contributed by atoms with Crippen LogP contribution < -0.4 is 9.62 Å². The Bertz CT molecular complexity index is 1570. The molecule has 1 N–H and O–H groups in total. The summed E-state index contributed by atoms with van der Waals surface area (Å²) in [6, 6.07) is 12.2. The van der Waals surface area contributed by atoms with E-state index < -0.39 is 51.9 Å². The summed E-state index contributed by atoms with van der Waals surface area (Å²) >= 11 is 18.6. The fourth-order valence-corrected chi connectivity index (χ4v) is 6.18. The molecule has 0 aliphatic carbocycles. The smallest absolute Gasteiger partial charge is 0.352 e. The van der Waals surface area contributed by atoms with Gasteiger partial charge in [0, 0.05) is 22.6 Å². The van der Waals surface area contributed by atoms with Crippen LogP contribution in [0.4, 0.5) is 18.9 Å². The SMILES string of the molecule is CCC(C)NC(=O)C(C)N(Cc1ccc(Cl)cc1Cl)C(=O)CN(c1cc(C(F)(F)F)ccc1Cl)S(=O)(=O)c1ccccc1. The summed E-state index contributed by atoms with van der Waals surface area (Å²) in [6.45, 7) is 3.87.